The van der Waals surface area contributed by atoms with Crippen LogP contribution in [0.4, 0.5) is 17.1 Å². The van der Waals surface area contributed by atoms with E-state index in [1.807, 2.05) is 0 Å². The zero-order chi connectivity index (χ0) is 51.8. The van der Waals surface area contributed by atoms with Gasteiger partial charge in [0.05, 0.1) is 28.1 Å². The lowest BCUT2D eigenvalue weighted by Gasteiger charge is -2.42. The number of nitrogens with zero attached hydrogens (tertiary/aromatic N) is 2. The average molecular weight is 1020 g/mol. The SMILES string of the molecule is C1=C[C@H]2Oc3ccccc3C2C=C1N(c1ccccc1)c1cc2c(c3oc4ccccc4c13)C1c3c(oc4ccccc34)C(N(C3=CC=C4Oc5ccccc5C4C3)c3ccccc3)=CC1C2(c1ccccc1)c1ccccc1. The molecular weight excluding hydrogens is 969 g/mol. The summed E-state index contributed by atoms with van der Waals surface area (Å²) in [6.07, 6.45) is 14.6. The fourth-order valence-corrected chi connectivity index (χ4v) is 14.5. The summed E-state index contributed by atoms with van der Waals surface area (Å²) in [5.74, 6) is 3.39. The number of furan rings is 2. The minimum Gasteiger partial charge on any atom is -0.485 e. The Labute approximate surface area is 457 Å². The smallest absolute Gasteiger partial charge is 0.155 e. The molecule has 0 N–H and O–H groups in total. The standard InChI is InChI=1S/C73H50N2O4/c1-5-21-45(22-6-1)73(46-23-7-2-8-24-46)57-44-60(75(48-27-11-4-12-28-48)50-38-40-66-56(42-50)52-30-14-18-34-62(52)77-66)71-68(54-32-16-20-36-64(54)78-71)69(57)70-58(73)43-59(67-53-31-15-19-35-63(53)79-72(67)70)74(47-25-9-3-10-26-47)49-37-39-65-55(41-49)51-29-13-17-33-61(51)76-65/h1-41,43-44,55-57,65,69H,42H2/t55?,56?,57?,65-,69?/m1/s1. The molecule has 376 valence electrons. The molecule has 0 spiro atoms. The van der Waals surface area contributed by atoms with Gasteiger partial charge in [0, 0.05) is 80.0 Å². The molecule has 0 saturated carbocycles. The number of benzene rings is 9. The van der Waals surface area contributed by atoms with Gasteiger partial charge in [-0.2, -0.15) is 0 Å². The maximum absolute atomic E-state index is 7.58. The van der Waals surface area contributed by atoms with Crippen molar-refractivity contribution < 1.29 is 18.3 Å². The summed E-state index contributed by atoms with van der Waals surface area (Å²) in [4.78, 5) is 4.95. The Balaban J connectivity index is 0.988. The van der Waals surface area contributed by atoms with Crippen molar-refractivity contribution in [2.24, 2.45) is 5.92 Å². The molecule has 0 radical (unpaired) electrons. The van der Waals surface area contributed by atoms with Crippen molar-refractivity contribution in [1.82, 2.24) is 0 Å². The van der Waals surface area contributed by atoms with Crippen molar-refractivity contribution in [3.05, 3.63) is 323 Å². The first-order valence-corrected chi connectivity index (χ1v) is 27.6. The van der Waals surface area contributed by atoms with E-state index in [9.17, 15) is 0 Å². The molecule has 0 saturated heterocycles. The van der Waals surface area contributed by atoms with Crippen LogP contribution in [0, 0.1) is 5.92 Å². The molecule has 5 atom stereocenters. The molecule has 0 bridgehead atoms. The van der Waals surface area contributed by atoms with E-state index in [1.54, 1.807) is 0 Å². The number of ether oxygens (including phenoxy) is 2. The average Bonchev–Trinajstić information content (AvgIpc) is 4.51. The molecular formula is C73H50N2O4. The van der Waals surface area contributed by atoms with Crippen molar-refractivity contribution in [2.75, 3.05) is 9.80 Å². The maximum atomic E-state index is 7.58. The first kappa shape index (κ1) is 44.4. The Hall–Kier alpha value is -9.78. The van der Waals surface area contributed by atoms with E-state index >= 15 is 0 Å². The molecule has 11 aromatic rings. The Bertz CT molecular complexity index is 4410. The van der Waals surface area contributed by atoms with Gasteiger partial charge < -0.3 is 28.1 Å². The molecule has 4 heterocycles. The summed E-state index contributed by atoms with van der Waals surface area (Å²) in [5.41, 5.74) is 16.5. The van der Waals surface area contributed by atoms with Crippen LogP contribution in [0.25, 0.3) is 38.6 Å². The molecule has 2 aromatic heterocycles. The Morgan fingerprint density at radius 1 is 0.519 bits per heavy atom. The van der Waals surface area contributed by atoms with Gasteiger partial charge in [0.15, 0.2) is 5.76 Å². The third-order valence-corrected chi connectivity index (χ3v) is 17.7. The van der Waals surface area contributed by atoms with Gasteiger partial charge in [0.25, 0.3) is 0 Å². The van der Waals surface area contributed by atoms with Crippen molar-refractivity contribution in [3.63, 3.8) is 0 Å². The maximum Gasteiger partial charge on any atom is 0.155 e. The van der Waals surface area contributed by atoms with Crippen LogP contribution in [0.15, 0.2) is 287 Å². The Morgan fingerprint density at radius 2 is 1.13 bits per heavy atom. The number of anilines is 3. The summed E-state index contributed by atoms with van der Waals surface area (Å²) in [5, 5.41) is 3.22. The van der Waals surface area contributed by atoms with Crippen LogP contribution in [0.3, 0.4) is 0 Å². The van der Waals surface area contributed by atoms with Gasteiger partial charge in [0.2, 0.25) is 0 Å². The second-order valence-electron chi connectivity index (χ2n) is 21.7. The second kappa shape index (κ2) is 17.1. The summed E-state index contributed by atoms with van der Waals surface area (Å²) < 4.78 is 28.1. The highest BCUT2D eigenvalue weighted by Crippen LogP contribution is 2.67. The first-order chi connectivity index (χ1) is 39.2. The van der Waals surface area contributed by atoms with Gasteiger partial charge in [-0.25, -0.2) is 0 Å². The molecule has 17 rings (SSSR count). The van der Waals surface area contributed by atoms with Gasteiger partial charge in [0.1, 0.15) is 40.1 Å². The van der Waals surface area contributed by atoms with Crippen molar-refractivity contribution in [3.8, 4) is 11.5 Å². The summed E-state index contributed by atoms with van der Waals surface area (Å²) >= 11 is 0. The number of allylic oxidation sites excluding steroid dienone is 6. The fraction of sp³-hybridized carbons (Fsp3) is 0.0959. The Kier molecular flexibility index (Phi) is 9.61. The van der Waals surface area contributed by atoms with E-state index in [4.69, 9.17) is 18.3 Å². The predicted octanol–water partition coefficient (Wildman–Crippen LogP) is 17.8. The first-order valence-electron chi connectivity index (χ1n) is 27.6. The van der Waals surface area contributed by atoms with E-state index in [0.717, 1.165) is 102 Å². The molecule has 2 aliphatic heterocycles. The van der Waals surface area contributed by atoms with E-state index in [0.29, 0.717) is 0 Å². The summed E-state index contributed by atoms with van der Waals surface area (Å²) in [6.45, 7) is 0. The number of fused-ring (bicyclic) bond motifs is 17. The topological polar surface area (TPSA) is 51.2 Å². The monoisotopic (exact) mass is 1020 g/mol. The van der Waals surface area contributed by atoms with Gasteiger partial charge in [-0.1, -0.05) is 176 Å². The van der Waals surface area contributed by atoms with Gasteiger partial charge in [-0.3, -0.25) is 0 Å². The number of rotatable bonds is 8. The lowest BCUT2D eigenvalue weighted by atomic mass is 9.61. The van der Waals surface area contributed by atoms with Gasteiger partial charge in [-0.05, 0) is 102 Å². The molecule has 0 fully saturated rings. The third kappa shape index (κ3) is 6.40. The molecule has 6 aliphatic rings. The third-order valence-electron chi connectivity index (χ3n) is 17.7. The largest absolute Gasteiger partial charge is 0.485 e. The minimum atomic E-state index is -0.775. The fourth-order valence-electron chi connectivity index (χ4n) is 14.5. The molecule has 9 aromatic carbocycles. The summed E-state index contributed by atoms with van der Waals surface area (Å²) in [7, 11) is 0. The quantitative estimate of drug-likeness (QED) is 0.151. The van der Waals surface area contributed by atoms with Crippen LogP contribution in [0.5, 0.6) is 11.5 Å². The molecule has 79 heavy (non-hydrogen) atoms. The second-order valence-corrected chi connectivity index (χ2v) is 21.7. The van der Waals surface area contributed by atoms with Crippen molar-refractivity contribution >= 4 is 55.7 Å². The zero-order valence-electron chi connectivity index (χ0n) is 42.9. The molecule has 6 heteroatoms. The van der Waals surface area contributed by atoms with E-state index in [-0.39, 0.29) is 29.8 Å². The molecule has 4 unspecified atom stereocenters. The van der Waals surface area contributed by atoms with E-state index in [1.165, 1.54) is 33.4 Å². The van der Waals surface area contributed by atoms with Crippen LogP contribution in [0.2, 0.25) is 0 Å². The van der Waals surface area contributed by atoms with Crippen molar-refractivity contribution in [1.29, 1.82) is 0 Å². The molecule has 4 aliphatic carbocycles. The van der Waals surface area contributed by atoms with Crippen LogP contribution in [-0.4, -0.2) is 6.10 Å². The van der Waals surface area contributed by atoms with Gasteiger partial charge in [-0.15, -0.1) is 0 Å². The highest BCUT2D eigenvalue weighted by atomic mass is 16.5. The van der Waals surface area contributed by atoms with E-state index < -0.39 is 5.41 Å². The molecule has 0 amide bonds. The van der Waals surface area contributed by atoms with Crippen LogP contribution in [-0.2, 0) is 5.41 Å². The van der Waals surface area contributed by atoms with Gasteiger partial charge >= 0.3 is 0 Å². The number of para-hydroxylation sites is 6. The van der Waals surface area contributed by atoms with Crippen LogP contribution in [0.1, 0.15) is 68.9 Å². The normalized spacial score (nSPS) is 20.5. The molecule has 6 nitrogen and oxygen atoms in total. The summed E-state index contributed by atoms with van der Waals surface area (Å²) in [6, 6.07) is 81.0. The van der Waals surface area contributed by atoms with Crippen LogP contribution >= 0.6 is 0 Å². The van der Waals surface area contributed by atoms with E-state index in [2.05, 4.69) is 271 Å². The predicted molar refractivity (Wildman–Crippen MR) is 315 cm³/mol. The highest BCUT2D eigenvalue weighted by Gasteiger charge is 2.59. The Morgan fingerprint density at radius 3 is 1.86 bits per heavy atom. The lowest BCUT2D eigenvalue weighted by Crippen LogP contribution is -2.37. The highest BCUT2D eigenvalue weighted by molar-refractivity contribution is 6.15. The van der Waals surface area contributed by atoms with Crippen molar-refractivity contribution in [2.45, 2.75) is 35.7 Å². The zero-order valence-corrected chi connectivity index (χ0v) is 42.9. The number of hydrogen-bond acceptors (Lipinski definition) is 6. The lowest BCUT2D eigenvalue weighted by molar-refractivity contribution is 0.268. The number of hydrogen-bond donors (Lipinski definition) is 0. The minimum absolute atomic E-state index is 0.0326. The van der Waals surface area contributed by atoms with Crippen LogP contribution < -0.4 is 19.3 Å².